The van der Waals surface area contributed by atoms with Crippen molar-refractivity contribution >= 4 is 38.8 Å². The van der Waals surface area contributed by atoms with Crippen LogP contribution >= 0.6 is 23.2 Å². The third kappa shape index (κ3) is 4.23. The number of ketones is 1. The maximum absolute atomic E-state index is 12.2. The first kappa shape index (κ1) is 16.0. The van der Waals surface area contributed by atoms with Crippen molar-refractivity contribution in [2.75, 3.05) is 20.4 Å². The maximum Gasteiger partial charge on any atom is 0.205 e. The van der Waals surface area contributed by atoms with Gasteiger partial charge in [-0.2, -0.15) is 0 Å². The summed E-state index contributed by atoms with van der Waals surface area (Å²) in [6.07, 6.45) is 2.25. The summed E-state index contributed by atoms with van der Waals surface area (Å²) in [6.45, 7) is 0. The van der Waals surface area contributed by atoms with Crippen molar-refractivity contribution in [2.45, 2.75) is 0 Å². The van der Waals surface area contributed by atoms with Crippen molar-refractivity contribution < 1.29 is 13.2 Å². The van der Waals surface area contributed by atoms with Crippen molar-refractivity contribution in [3.8, 4) is 0 Å². The number of hydrogen-bond acceptors (Lipinski definition) is 4. The molecule has 0 saturated heterocycles. The molecule has 0 aliphatic rings. The van der Waals surface area contributed by atoms with Gasteiger partial charge in [0, 0.05) is 32.1 Å². The van der Waals surface area contributed by atoms with Crippen LogP contribution in [0.4, 0.5) is 0 Å². The number of benzene rings is 1. The van der Waals surface area contributed by atoms with Crippen molar-refractivity contribution in [3.05, 3.63) is 44.9 Å². The van der Waals surface area contributed by atoms with Crippen LogP contribution < -0.4 is 0 Å². The standard InChI is InChI=1S/C12H13Cl2NO3S/c1-15(2)7-11(19(3,17)18)12(16)8-4-5-9(13)10(14)6-8/h4-7H,1-3H3. The normalized spacial score (nSPS) is 12.4. The van der Waals surface area contributed by atoms with Crippen LogP contribution in [0.25, 0.3) is 0 Å². The van der Waals surface area contributed by atoms with Crippen LogP contribution in [0.15, 0.2) is 29.3 Å². The maximum atomic E-state index is 12.2. The van der Waals surface area contributed by atoms with E-state index >= 15 is 0 Å². The summed E-state index contributed by atoms with van der Waals surface area (Å²) < 4.78 is 23.3. The van der Waals surface area contributed by atoms with Gasteiger partial charge in [-0.15, -0.1) is 0 Å². The Bertz CT molecular complexity index is 636. The van der Waals surface area contributed by atoms with Crippen LogP contribution in [0.1, 0.15) is 10.4 Å². The Morgan fingerprint density at radius 3 is 2.21 bits per heavy atom. The lowest BCUT2D eigenvalue weighted by molar-refractivity contribution is 0.104. The molecule has 7 heteroatoms. The molecule has 0 aliphatic heterocycles. The summed E-state index contributed by atoms with van der Waals surface area (Å²) in [7, 11) is -0.372. The van der Waals surface area contributed by atoms with Gasteiger partial charge >= 0.3 is 0 Å². The molecule has 0 unspecified atom stereocenters. The SMILES string of the molecule is CN(C)C=C(C(=O)c1ccc(Cl)c(Cl)c1)S(C)(=O)=O. The predicted molar refractivity (Wildman–Crippen MR) is 77.4 cm³/mol. The van der Waals surface area contributed by atoms with Gasteiger partial charge in [-0.3, -0.25) is 4.79 Å². The summed E-state index contributed by atoms with van der Waals surface area (Å²) >= 11 is 11.6. The molecule has 0 heterocycles. The highest BCUT2D eigenvalue weighted by molar-refractivity contribution is 7.95. The molecule has 1 aromatic carbocycles. The molecular formula is C12H13Cl2NO3S. The molecule has 0 bridgehead atoms. The van der Waals surface area contributed by atoms with Gasteiger partial charge in [0.25, 0.3) is 0 Å². The number of rotatable bonds is 4. The molecule has 0 aliphatic carbocycles. The average molecular weight is 322 g/mol. The van der Waals surface area contributed by atoms with E-state index in [2.05, 4.69) is 0 Å². The molecule has 19 heavy (non-hydrogen) atoms. The van der Waals surface area contributed by atoms with Gasteiger partial charge in [-0.1, -0.05) is 23.2 Å². The molecule has 104 valence electrons. The Hall–Kier alpha value is -1.04. The summed E-state index contributed by atoms with van der Waals surface area (Å²) in [5.41, 5.74) is 0.174. The van der Waals surface area contributed by atoms with Gasteiger partial charge in [0.05, 0.1) is 10.0 Å². The zero-order chi connectivity index (χ0) is 14.8. The summed E-state index contributed by atoms with van der Waals surface area (Å²) in [5.74, 6) is -0.616. The predicted octanol–water partition coefficient (Wildman–Crippen LogP) is 2.62. The lowest BCUT2D eigenvalue weighted by Gasteiger charge is -2.10. The molecule has 1 aromatic rings. The molecule has 0 spiro atoms. The van der Waals surface area contributed by atoms with E-state index in [4.69, 9.17) is 23.2 Å². The van der Waals surface area contributed by atoms with Gasteiger partial charge in [-0.25, -0.2) is 8.42 Å². The van der Waals surface area contributed by atoms with E-state index in [9.17, 15) is 13.2 Å². The fourth-order valence-corrected chi connectivity index (χ4v) is 2.49. The first-order chi connectivity index (χ1) is 8.62. The van der Waals surface area contributed by atoms with E-state index in [0.717, 1.165) is 6.26 Å². The monoisotopic (exact) mass is 321 g/mol. The second-order valence-corrected chi connectivity index (χ2v) is 6.99. The highest BCUT2D eigenvalue weighted by atomic mass is 35.5. The smallest absolute Gasteiger partial charge is 0.205 e. The van der Waals surface area contributed by atoms with Crippen molar-refractivity contribution in [1.82, 2.24) is 4.90 Å². The minimum absolute atomic E-state index is 0.174. The van der Waals surface area contributed by atoms with Crippen LogP contribution in [-0.4, -0.2) is 39.5 Å². The number of carbonyl (C=O) groups is 1. The number of halogens is 2. The van der Waals surface area contributed by atoms with Crippen LogP contribution in [-0.2, 0) is 9.84 Å². The molecule has 0 saturated carbocycles. The minimum Gasteiger partial charge on any atom is -0.382 e. The third-order valence-corrected chi connectivity index (χ3v) is 4.01. The Balaban J connectivity index is 3.32. The van der Waals surface area contributed by atoms with E-state index in [1.807, 2.05) is 0 Å². The van der Waals surface area contributed by atoms with Gasteiger partial charge in [0.2, 0.25) is 5.78 Å². The summed E-state index contributed by atoms with van der Waals surface area (Å²) in [6, 6.07) is 4.23. The van der Waals surface area contributed by atoms with E-state index in [1.165, 1.54) is 29.3 Å². The molecule has 0 N–H and O–H groups in total. The lowest BCUT2D eigenvalue weighted by Crippen LogP contribution is -2.16. The minimum atomic E-state index is -3.64. The lowest BCUT2D eigenvalue weighted by atomic mass is 10.1. The summed E-state index contributed by atoms with van der Waals surface area (Å²) in [5, 5.41) is 0.501. The zero-order valence-corrected chi connectivity index (χ0v) is 13.0. The van der Waals surface area contributed by atoms with Crippen LogP contribution in [0.5, 0.6) is 0 Å². The molecule has 0 radical (unpaired) electrons. The second kappa shape index (κ2) is 5.94. The highest BCUT2D eigenvalue weighted by Crippen LogP contribution is 2.24. The number of carbonyl (C=O) groups excluding carboxylic acids is 1. The molecule has 0 amide bonds. The van der Waals surface area contributed by atoms with E-state index in [0.29, 0.717) is 5.02 Å². The quantitative estimate of drug-likeness (QED) is 0.632. The van der Waals surface area contributed by atoms with E-state index < -0.39 is 15.6 Å². The Morgan fingerprint density at radius 2 is 1.79 bits per heavy atom. The van der Waals surface area contributed by atoms with Crippen molar-refractivity contribution in [1.29, 1.82) is 0 Å². The molecule has 1 rings (SSSR count). The van der Waals surface area contributed by atoms with Crippen LogP contribution in [0.3, 0.4) is 0 Å². The van der Waals surface area contributed by atoms with Crippen LogP contribution in [0, 0.1) is 0 Å². The molecule has 0 fully saturated rings. The average Bonchev–Trinajstić information content (AvgIpc) is 2.27. The topological polar surface area (TPSA) is 54.5 Å². The largest absolute Gasteiger partial charge is 0.382 e. The number of nitrogens with zero attached hydrogens (tertiary/aromatic N) is 1. The van der Waals surface area contributed by atoms with Gasteiger partial charge < -0.3 is 4.90 Å². The first-order valence-corrected chi connectivity index (χ1v) is 7.85. The van der Waals surface area contributed by atoms with E-state index in [1.54, 1.807) is 14.1 Å². The molecule has 0 aromatic heterocycles. The van der Waals surface area contributed by atoms with Gasteiger partial charge in [0.15, 0.2) is 9.84 Å². The number of sulfone groups is 1. The van der Waals surface area contributed by atoms with Crippen molar-refractivity contribution in [3.63, 3.8) is 0 Å². The van der Waals surface area contributed by atoms with Crippen molar-refractivity contribution in [2.24, 2.45) is 0 Å². The Labute approximate surface area is 122 Å². The zero-order valence-electron chi connectivity index (χ0n) is 10.6. The third-order valence-electron chi connectivity index (χ3n) is 2.18. The number of Topliss-reactive ketones (excluding diaryl/α,β-unsaturated/α-hetero) is 1. The first-order valence-electron chi connectivity index (χ1n) is 5.21. The van der Waals surface area contributed by atoms with E-state index in [-0.39, 0.29) is 15.5 Å². The van der Waals surface area contributed by atoms with Gasteiger partial charge in [0.1, 0.15) is 4.91 Å². The summed E-state index contributed by atoms with van der Waals surface area (Å²) in [4.78, 5) is 13.4. The fraction of sp³-hybridized carbons (Fsp3) is 0.250. The second-order valence-electron chi connectivity index (χ2n) is 4.19. The Kier molecular flexibility index (Phi) is 5.01. The highest BCUT2D eigenvalue weighted by Gasteiger charge is 2.22. The molecular weight excluding hydrogens is 309 g/mol. The fourth-order valence-electron chi connectivity index (χ4n) is 1.34. The van der Waals surface area contributed by atoms with Crippen LogP contribution in [0.2, 0.25) is 10.0 Å². The number of allylic oxidation sites excluding steroid dienone is 1. The Morgan fingerprint density at radius 1 is 1.21 bits per heavy atom. The molecule has 4 nitrogen and oxygen atoms in total. The molecule has 0 atom stereocenters. The number of hydrogen-bond donors (Lipinski definition) is 0. The van der Waals surface area contributed by atoms with Gasteiger partial charge in [-0.05, 0) is 18.2 Å².